The standard InChI is InChI=1S/C18H24FN3O4S/c1-4-21(5-2)27(24,25)22-10-8-20(9-11-22)18(23)17-13(3)15-12-14(19)6-7-16(15)26-17/h6-7,12H,4-5,8-11H2,1-3H3. The molecule has 1 fully saturated rings. The van der Waals surface area contributed by atoms with Crippen LogP contribution in [0.15, 0.2) is 22.6 Å². The first-order chi connectivity index (χ1) is 12.8. The summed E-state index contributed by atoms with van der Waals surface area (Å²) in [5.74, 6) is -0.514. The maximum Gasteiger partial charge on any atom is 0.289 e. The average molecular weight is 397 g/mol. The second-order valence-corrected chi connectivity index (χ2v) is 8.41. The lowest BCUT2D eigenvalue weighted by Crippen LogP contribution is -2.54. The van der Waals surface area contributed by atoms with E-state index in [1.165, 1.54) is 26.8 Å². The van der Waals surface area contributed by atoms with Gasteiger partial charge in [-0.2, -0.15) is 17.0 Å². The molecular weight excluding hydrogens is 373 g/mol. The van der Waals surface area contributed by atoms with Gasteiger partial charge in [0.2, 0.25) is 0 Å². The summed E-state index contributed by atoms with van der Waals surface area (Å²) < 4.78 is 47.1. The summed E-state index contributed by atoms with van der Waals surface area (Å²) in [6, 6.07) is 4.14. The number of fused-ring (bicyclic) bond motifs is 1. The van der Waals surface area contributed by atoms with Gasteiger partial charge in [0, 0.05) is 50.2 Å². The fourth-order valence-corrected chi connectivity index (χ4v) is 4.98. The number of halogens is 1. The average Bonchev–Trinajstić information content (AvgIpc) is 2.98. The number of piperazine rings is 1. The minimum Gasteiger partial charge on any atom is -0.451 e. The minimum atomic E-state index is -3.51. The number of amides is 1. The topological polar surface area (TPSA) is 74.1 Å². The molecule has 2 heterocycles. The van der Waals surface area contributed by atoms with E-state index < -0.39 is 10.2 Å². The number of rotatable bonds is 5. The molecule has 1 aliphatic heterocycles. The first-order valence-corrected chi connectivity index (χ1v) is 10.4. The predicted molar refractivity (Wildman–Crippen MR) is 100 cm³/mol. The highest BCUT2D eigenvalue weighted by Crippen LogP contribution is 2.27. The maximum absolute atomic E-state index is 13.5. The number of carbonyl (C=O) groups is 1. The quantitative estimate of drug-likeness (QED) is 0.776. The number of carbonyl (C=O) groups excluding carboxylic acids is 1. The molecule has 1 saturated heterocycles. The second-order valence-electron chi connectivity index (χ2n) is 6.48. The Hall–Kier alpha value is -1.97. The highest BCUT2D eigenvalue weighted by atomic mass is 32.2. The molecular formula is C18H24FN3O4S. The molecule has 3 rings (SSSR count). The Morgan fingerprint density at radius 2 is 1.81 bits per heavy atom. The van der Waals surface area contributed by atoms with Gasteiger partial charge in [-0.05, 0) is 25.1 Å². The molecule has 0 bridgehead atoms. The van der Waals surface area contributed by atoms with E-state index in [-0.39, 0.29) is 43.7 Å². The molecule has 1 aromatic heterocycles. The van der Waals surface area contributed by atoms with E-state index in [1.54, 1.807) is 25.7 Å². The Balaban J connectivity index is 1.75. The molecule has 0 atom stereocenters. The number of benzene rings is 1. The van der Waals surface area contributed by atoms with Crippen LogP contribution in [0.25, 0.3) is 11.0 Å². The largest absolute Gasteiger partial charge is 0.451 e. The number of hydrogen-bond acceptors (Lipinski definition) is 4. The molecule has 0 N–H and O–H groups in total. The number of furan rings is 1. The smallest absolute Gasteiger partial charge is 0.289 e. The lowest BCUT2D eigenvalue weighted by molar-refractivity contribution is 0.0663. The van der Waals surface area contributed by atoms with Crippen LogP contribution in [0, 0.1) is 12.7 Å². The number of nitrogens with zero attached hydrogens (tertiary/aromatic N) is 3. The van der Waals surface area contributed by atoms with Gasteiger partial charge in [0.25, 0.3) is 16.1 Å². The van der Waals surface area contributed by atoms with Crippen molar-refractivity contribution < 1.29 is 22.0 Å². The molecule has 27 heavy (non-hydrogen) atoms. The fourth-order valence-electron chi connectivity index (χ4n) is 3.38. The molecule has 1 aromatic carbocycles. The number of hydrogen-bond donors (Lipinski definition) is 0. The van der Waals surface area contributed by atoms with E-state index in [4.69, 9.17) is 4.42 Å². The zero-order valence-electron chi connectivity index (χ0n) is 15.7. The van der Waals surface area contributed by atoms with Gasteiger partial charge in [-0.25, -0.2) is 4.39 Å². The molecule has 0 aliphatic carbocycles. The Bertz CT molecular complexity index is 945. The van der Waals surface area contributed by atoms with Crippen LogP contribution in [0.1, 0.15) is 30.0 Å². The molecule has 0 radical (unpaired) electrons. The van der Waals surface area contributed by atoms with Gasteiger partial charge in [0.1, 0.15) is 11.4 Å². The van der Waals surface area contributed by atoms with Gasteiger partial charge in [0.15, 0.2) is 5.76 Å². The van der Waals surface area contributed by atoms with Crippen LogP contribution in [-0.2, 0) is 10.2 Å². The van der Waals surface area contributed by atoms with E-state index >= 15 is 0 Å². The maximum atomic E-state index is 13.5. The summed E-state index contributed by atoms with van der Waals surface area (Å²) >= 11 is 0. The van der Waals surface area contributed by atoms with Gasteiger partial charge in [-0.15, -0.1) is 0 Å². The third-order valence-corrected chi connectivity index (χ3v) is 7.16. The number of aryl methyl sites for hydroxylation is 1. The predicted octanol–water partition coefficient (Wildman–Crippen LogP) is 2.22. The van der Waals surface area contributed by atoms with Crippen LogP contribution >= 0.6 is 0 Å². The van der Waals surface area contributed by atoms with Gasteiger partial charge < -0.3 is 9.32 Å². The zero-order valence-corrected chi connectivity index (χ0v) is 16.6. The van der Waals surface area contributed by atoms with E-state index in [1.807, 2.05) is 0 Å². The summed E-state index contributed by atoms with van der Waals surface area (Å²) in [6.07, 6.45) is 0. The summed E-state index contributed by atoms with van der Waals surface area (Å²) in [4.78, 5) is 14.4. The van der Waals surface area contributed by atoms with Crippen LogP contribution in [-0.4, -0.2) is 67.1 Å². The van der Waals surface area contributed by atoms with Crippen LogP contribution in [0.3, 0.4) is 0 Å². The van der Waals surface area contributed by atoms with Crippen molar-refractivity contribution in [2.24, 2.45) is 0 Å². The third kappa shape index (κ3) is 3.59. The Morgan fingerprint density at radius 3 is 2.41 bits per heavy atom. The van der Waals surface area contributed by atoms with Gasteiger partial charge >= 0.3 is 0 Å². The van der Waals surface area contributed by atoms with Crippen molar-refractivity contribution in [2.75, 3.05) is 39.3 Å². The lowest BCUT2D eigenvalue weighted by atomic mass is 10.1. The first kappa shape index (κ1) is 19.8. The van der Waals surface area contributed by atoms with Crippen LogP contribution in [0.4, 0.5) is 4.39 Å². The molecule has 2 aromatic rings. The molecule has 7 nitrogen and oxygen atoms in total. The van der Waals surface area contributed by atoms with E-state index in [0.717, 1.165) is 0 Å². The Morgan fingerprint density at radius 1 is 1.19 bits per heavy atom. The fraction of sp³-hybridized carbons (Fsp3) is 0.500. The van der Waals surface area contributed by atoms with Crippen molar-refractivity contribution in [1.29, 1.82) is 0 Å². The van der Waals surface area contributed by atoms with Gasteiger partial charge in [-0.3, -0.25) is 4.79 Å². The molecule has 9 heteroatoms. The Labute approximate surface area is 158 Å². The minimum absolute atomic E-state index is 0.177. The van der Waals surface area contributed by atoms with Crippen molar-refractivity contribution in [3.8, 4) is 0 Å². The zero-order chi connectivity index (χ0) is 19.8. The highest BCUT2D eigenvalue weighted by Gasteiger charge is 2.33. The molecule has 0 unspecified atom stereocenters. The van der Waals surface area contributed by atoms with Crippen molar-refractivity contribution in [3.05, 3.63) is 35.3 Å². The summed E-state index contributed by atoms with van der Waals surface area (Å²) in [6.45, 7) is 7.17. The highest BCUT2D eigenvalue weighted by molar-refractivity contribution is 7.86. The first-order valence-electron chi connectivity index (χ1n) is 9.02. The summed E-state index contributed by atoms with van der Waals surface area (Å²) in [5, 5.41) is 0.570. The van der Waals surface area contributed by atoms with Crippen molar-refractivity contribution >= 4 is 27.1 Å². The van der Waals surface area contributed by atoms with E-state index in [0.29, 0.717) is 29.6 Å². The molecule has 0 saturated carbocycles. The summed E-state index contributed by atoms with van der Waals surface area (Å²) in [7, 11) is -3.51. The molecule has 148 valence electrons. The monoisotopic (exact) mass is 397 g/mol. The molecule has 1 amide bonds. The van der Waals surface area contributed by atoms with Gasteiger partial charge in [-0.1, -0.05) is 13.8 Å². The van der Waals surface area contributed by atoms with E-state index in [9.17, 15) is 17.6 Å². The Kier molecular flexibility index (Phi) is 5.55. The lowest BCUT2D eigenvalue weighted by Gasteiger charge is -2.36. The second kappa shape index (κ2) is 7.57. The van der Waals surface area contributed by atoms with Crippen molar-refractivity contribution in [3.63, 3.8) is 0 Å². The normalized spacial score (nSPS) is 16.4. The SMILES string of the molecule is CCN(CC)S(=O)(=O)N1CCN(C(=O)c2oc3ccc(F)cc3c2C)CC1. The van der Waals surface area contributed by atoms with Gasteiger partial charge in [0.05, 0.1) is 0 Å². The van der Waals surface area contributed by atoms with Crippen molar-refractivity contribution in [2.45, 2.75) is 20.8 Å². The molecule has 1 aliphatic rings. The van der Waals surface area contributed by atoms with Crippen LogP contribution in [0.2, 0.25) is 0 Å². The van der Waals surface area contributed by atoms with Crippen LogP contribution < -0.4 is 0 Å². The van der Waals surface area contributed by atoms with Crippen LogP contribution in [0.5, 0.6) is 0 Å². The third-order valence-electron chi connectivity index (χ3n) is 4.98. The van der Waals surface area contributed by atoms with Crippen molar-refractivity contribution in [1.82, 2.24) is 13.5 Å². The van der Waals surface area contributed by atoms with E-state index in [2.05, 4.69) is 0 Å². The molecule has 0 spiro atoms. The summed E-state index contributed by atoms with van der Waals surface area (Å²) in [5.41, 5.74) is 1.05.